The molecule has 1 fully saturated rings. The van der Waals surface area contributed by atoms with E-state index in [-0.39, 0.29) is 17.5 Å². The van der Waals surface area contributed by atoms with Gasteiger partial charge in [0.25, 0.3) is 0 Å². The summed E-state index contributed by atoms with van der Waals surface area (Å²) in [6.45, 7) is 1.84. The van der Waals surface area contributed by atoms with Gasteiger partial charge in [0, 0.05) is 22.6 Å². The lowest BCUT2D eigenvalue weighted by molar-refractivity contribution is 0.0856. The molecule has 88 valence electrons. The Kier molecular flexibility index (Phi) is 2.28. The van der Waals surface area contributed by atoms with Crippen molar-refractivity contribution in [3.8, 4) is 0 Å². The first-order valence-corrected chi connectivity index (χ1v) is 5.99. The van der Waals surface area contributed by atoms with Gasteiger partial charge in [-0.15, -0.1) is 0 Å². The number of halogens is 1. The van der Waals surface area contributed by atoms with Crippen LogP contribution in [0, 0.1) is 18.7 Å². The van der Waals surface area contributed by atoms with Crippen LogP contribution in [0.15, 0.2) is 18.2 Å². The van der Waals surface area contributed by atoms with Crippen LogP contribution < -0.4 is 0 Å². The summed E-state index contributed by atoms with van der Waals surface area (Å²) in [5, 5.41) is 0.722. The number of benzene rings is 1. The molecule has 0 saturated heterocycles. The summed E-state index contributed by atoms with van der Waals surface area (Å²) in [6.07, 6.45) is 3.08. The van der Waals surface area contributed by atoms with Gasteiger partial charge in [-0.05, 0) is 25.8 Å². The number of hydrogen-bond donors (Lipinski definition) is 1. The molecule has 0 unspecified atom stereocenters. The highest BCUT2D eigenvalue weighted by Crippen LogP contribution is 2.34. The van der Waals surface area contributed by atoms with E-state index in [1.54, 1.807) is 6.07 Å². The lowest BCUT2D eigenvalue weighted by Gasteiger charge is -2.23. The smallest absolute Gasteiger partial charge is 0.168 e. The fourth-order valence-electron chi connectivity index (χ4n) is 2.50. The van der Waals surface area contributed by atoms with E-state index in [0.29, 0.717) is 11.1 Å². The molecule has 17 heavy (non-hydrogen) atoms. The molecular weight excluding hydrogens is 217 g/mol. The van der Waals surface area contributed by atoms with Gasteiger partial charge in [-0.25, -0.2) is 4.39 Å². The normalized spacial score (nSPS) is 16.1. The molecule has 2 nitrogen and oxygen atoms in total. The van der Waals surface area contributed by atoms with Gasteiger partial charge in [0.2, 0.25) is 0 Å². The zero-order chi connectivity index (χ0) is 12.0. The van der Waals surface area contributed by atoms with Gasteiger partial charge in [-0.3, -0.25) is 4.79 Å². The van der Waals surface area contributed by atoms with Crippen LogP contribution in [0.25, 0.3) is 10.9 Å². The molecule has 0 aliphatic heterocycles. The number of ketones is 1. The van der Waals surface area contributed by atoms with Crippen LogP contribution in [0.1, 0.15) is 35.3 Å². The standard InChI is InChI=1S/C14H14FNO/c1-8-12(14(17)9-4-2-5-9)10-6-3-7-11(15)13(10)16-8/h3,6-7,9,16H,2,4-5H2,1H3. The molecule has 0 bridgehead atoms. The Balaban J connectivity index is 2.18. The average Bonchev–Trinajstić information content (AvgIpc) is 2.53. The number of fused-ring (bicyclic) bond motifs is 1. The second kappa shape index (κ2) is 3.69. The predicted octanol–water partition coefficient (Wildman–Crippen LogP) is 3.60. The van der Waals surface area contributed by atoms with E-state index < -0.39 is 0 Å². The second-order valence-corrected chi connectivity index (χ2v) is 4.78. The largest absolute Gasteiger partial charge is 0.356 e. The van der Waals surface area contributed by atoms with Crippen molar-refractivity contribution >= 4 is 16.7 Å². The maximum absolute atomic E-state index is 13.6. The molecule has 1 heterocycles. The van der Waals surface area contributed by atoms with Crippen LogP contribution in [-0.2, 0) is 0 Å². The Labute approximate surface area is 98.8 Å². The zero-order valence-corrected chi connectivity index (χ0v) is 9.72. The molecule has 1 saturated carbocycles. The number of H-pyrrole nitrogens is 1. The molecular formula is C14H14FNO. The van der Waals surface area contributed by atoms with E-state index in [2.05, 4.69) is 4.98 Å². The summed E-state index contributed by atoms with van der Waals surface area (Å²) in [5.41, 5.74) is 1.92. The third-order valence-corrected chi connectivity index (χ3v) is 3.69. The second-order valence-electron chi connectivity index (χ2n) is 4.78. The van der Waals surface area contributed by atoms with Gasteiger partial charge < -0.3 is 4.98 Å². The Morgan fingerprint density at radius 3 is 2.82 bits per heavy atom. The number of aromatic nitrogens is 1. The summed E-state index contributed by atoms with van der Waals surface area (Å²) in [7, 11) is 0. The molecule has 3 heteroatoms. The molecule has 1 aliphatic rings. The highest BCUT2D eigenvalue weighted by atomic mass is 19.1. The molecule has 0 atom stereocenters. The average molecular weight is 231 g/mol. The highest BCUT2D eigenvalue weighted by molar-refractivity contribution is 6.10. The van der Waals surface area contributed by atoms with Crippen molar-refractivity contribution in [2.45, 2.75) is 26.2 Å². The fourth-order valence-corrected chi connectivity index (χ4v) is 2.50. The Morgan fingerprint density at radius 2 is 2.18 bits per heavy atom. The van der Waals surface area contributed by atoms with Crippen molar-refractivity contribution in [2.75, 3.05) is 0 Å². The maximum atomic E-state index is 13.6. The van der Waals surface area contributed by atoms with Crippen molar-refractivity contribution in [1.82, 2.24) is 4.98 Å². The van der Waals surface area contributed by atoms with Crippen LogP contribution in [0.3, 0.4) is 0 Å². The highest BCUT2D eigenvalue weighted by Gasteiger charge is 2.29. The zero-order valence-electron chi connectivity index (χ0n) is 9.72. The van der Waals surface area contributed by atoms with Crippen LogP contribution in [-0.4, -0.2) is 10.8 Å². The van der Waals surface area contributed by atoms with Crippen LogP contribution in [0.2, 0.25) is 0 Å². The number of aryl methyl sites for hydroxylation is 1. The van der Waals surface area contributed by atoms with E-state index in [0.717, 1.165) is 30.3 Å². The summed E-state index contributed by atoms with van der Waals surface area (Å²) >= 11 is 0. The molecule has 1 aromatic heterocycles. The van der Waals surface area contributed by atoms with E-state index in [4.69, 9.17) is 0 Å². The number of nitrogens with one attached hydrogen (secondary N) is 1. The number of carbonyl (C=O) groups excluding carboxylic acids is 1. The molecule has 0 spiro atoms. The lowest BCUT2D eigenvalue weighted by atomic mass is 9.79. The third-order valence-electron chi connectivity index (χ3n) is 3.69. The van der Waals surface area contributed by atoms with Gasteiger partial charge in [0.1, 0.15) is 5.82 Å². The van der Waals surface area contributed by atoms with Crippen LogP contribution in [0.5, 0.6) is 0 Å². The lowest BCUT2D eigenvalue weighted by Crippen LogP contribution is -2.22. The predicted molar refractivity (Wildman–Crippen MR) is 64.7 cm³/mol. The Bertz CT molecular complexity index is 596. The number of carbonyl (C=O) groups is 1. The van der Waals surface area contributed by atoms with Gasteiger partial charge in [-0.2, -0.15) is 0 Å². The Morgan fingerprint density at radius 1 is 1.41 bits per heavy atom. The van der Waals surface area contributed by atoms with Crippen molar-refractivity contribution < 1.29 is 9.18 Å². The van der Waals surface area contributed by atoms with Crippen molar-refractivity contribution in [1.29, 1.82) is 0 Å². The van der Waals surface area contributed by atoms with E-state index in [9.17, 15) is 9.18 Å². The number of aromatic amines is 1. The molecule has 2 aromatic rings. The molecule has 0 radical (unpaired) electrons. The number of para-hydroxylation sites is 1. The maximum Gasteiger partial charge on any atom is 0.168 e. The van der Waals surface area contributed by atoms with Crippen LogP contribution in [0.4, 0.5) is 4.39 Å². The van der Waals surface area contributed by atoms with E-state index in [1.165, 1.54) is 6.07 Å². The first-order valence-electron chi connectivity index (χ1n) is 5.99. The monoisotopic (exact) mass is 231 g/mol. The molecule has 3 rings (SSSR count). The Hall–Kier alpha value is -1.64. The molecule has 1 N–H and O–H groups in total. The first kappa shape index (κ1) is 10.5. The fraction of sp³-hybridized carbons (Fsp3) is 0.357. The molecule has 1 aliphatic carbocycles. The topological polar surface area (TPSA) is 32.9 Å². The van der Waals surface area contributed by atoms with Gasteiger partial charge >= 0.3 is 0 Å². The minimum Gasteiger partial charge on any atom is -0.356 e. The quantitative estimate of drug-likeness (QED) is 0.787. The van der Waals surface area contributed by atoms with Crippen molar-refractivity contribution in [3.05, 3.63) is 35.3 Å². The van der Waals surface area contributed by atoms with Gasteiger partial charge in [0.05, 0.1) is 5.52 Å². The number of rotatable bonds is 2. The summed E-state index contributed by atoms with van der Waals surface area (Å²) in [6, 6.07) is 4.88. The molecule has 0 amide bonds. The van der Waals surface area contributed by atoms with Gasteiger partial charge in [-0.1, -0.05) is 18.6 Å². The van der Waals surface area contributed by atoms with Crippen molar-refractivity contribution in [3.63, 3.8) is 0 Å². The number of Topliss-reactive ketones (excluding diaryl/α,β-unsaturated/α-hetero) is 1. The number of hydrogen-bond acceptors (Lipinski definition) is 1. The minimum absolute atomic E-state index is 0.149. The SMILES string of the molecule is Cc1[nH]c2c(F)cccc2c1C(=O)C1CCC1. The first-order chi connectivity index (χ1) is 8.18. The summed E-state index contributed by atoms with van der Waals surface area (Å²) in [5.74, 6) is 0.0276. The summed E-state index contributed by atoms with van der Waals surface area (Å²) in [4.78, 5) is 15.3. The van der Waals surface area contributed by atoms with Crippen molar-refractivity contribution in [2.24, 2.45) is 5.92 Å². The van der Waals surface area contributed by atoms with Gasteiger partial charge in [0.15, 0.2) is 5.78 Å². The third kappa shape index (κ3) is 1.49. The van der Waals surface area contributed by atoms with E-state index in [1.807, 2.05) is 13.0 Å². The molecule has 1 aromatic carbocycles. The van der Waals surface area contributed by atoms with E-state index >= 15 is 0 Å². The minimum atomic E-state index is -0.293. The summed E-state index contributed by atoms with van der Waals surface area (Å²) < 4.78 is 13.6. The van der Waals surface area contributed by atoms with Crippen LogP contribution >= 0.6 is 0 Å².